The van der Waals surface area contributed by atoms with Crippen molar-refractivity contribution in [2.24, 2.45) is 0 Å². The highest BCUT2D eigenvalue weighted by Gasteiger charge is 2.43. The van der Waals surface area contributed by atoms with E-state index in [9.17, 15) is 22.8 Å². The maximum atomic E-state index is 12.4. The molecule has 25 heavy (non-hydrogen) atoms. The van der Waals surface area contributed by atoms with Gasteiger partial charge >= 0.3 is 12.1 Å². The molecule has 1 aromatic carbocycles. The van der Waals surface area contributed by atoms with Gasteiger partial charge in [-0.2, -0.15) is 13.2 Å². The van der Waals surface area contributed by atoms with Crippen molar-refractivity contribution in [2.45, 2.75) is 25.1 Å². The first-order valence-corrected chi connectivity index (χ1v) is 7.72. The van der Waals surface area contributed by atoms with E-state index in [-0.39, 0.29) is 44.5 Å². The van der Waals surface area contributed by atoms with Crippen LogP contribution in [0, 0.1) is 0 Å². The number of nitrogens with one attached hydrogen (secondary N) is 1. The van der Waals surface area contributed by atoms with E-state index in [1.807, 2.05) is 0 Å². The Morgan fingerprint density at radius 3 is 2.36 bits per heavy atom. The Bertz CT molecular complexity index is 614. The zero-order chi connectivity index (χ0) is 18.4. The number of nitrogens with zero attached hydrogens (tertiary/aromatic N) is 1. The van der Waals surface area contributed by atoms with Crippen LogP contribution in [0.2, 0.25) is 0 Å². The Hall–Kier alpha value is -2.45. The molecule has 0 aromatic heterocycles. The number of piperidine rings is 1. The quantitative estimate of drug-likeness (QED) is 0.869. The highest BCUT2D eigenvalue weighted by molar-refractivity contribution is 5.82. The summed E-state index contributed by atoms with van der Waals surface area (Å²) in [5.41, 5.74) is 0. The maximum absolute atomic E-state index is 12.4. The molecule has 1 heterocycles. The molecule has 1 aliphatic heterocycles. The van der Waals surface area contributed by atoms with Gasteiger partial charge in [0.25, 0.3) is 5.91 Å². The third kappa shape index (κ3) is 5.27. The molecule has 1 aliphatic rings. The molecule has 0 spiro atoms. The van der Waals surface area contributed by atoms with Gasteiger partial charge in [0.05, 0.1) is 7.11 Å². The molecule has 1 aromatic rings. The predicted octanol–water partition coefficient (Wildman–Crippen LogP) is 1.74. The number of methoxy groups -OCH3 is 1. The molecule has 0 unspecified atom stereocenters. The number of amides is 2. The second-order valence-corrected chi connectivity index (χ2v) is 5.57. The molecule has 2 amide bonds. The number of carbonyl (C=O) groups excluding carboxylic acids is 2. The topological polar surface area (TPSA) is 67.9 Å². The molecule has 9 heteroatoms. The van der Waals surface area contributed by atoms with E-state index in [1.165, 1.54) is 7.11 Å². The van der Waals surface area contributed by atoms with Gasteiger partial charge in [0, 0.05) is 19.1 Å². The lowest BCUT2D eigenvalue weighted by molar-refractivity contribution is -0.186. The molecule has 138 valence electrons. The molecule has 0 saturated carbocycles. The second-order valence-electron chi connectivity index (χ2n) is 5.57. The summed E-state index contributed by atoms with van der Waals surface area (Å²) >= 11 is 0. The van der Waals surface area contributed by atoms with Gasteiger partial charge in [-0.1, -0.05) is 12.1 Å². The molecule has 0 bridgehead atoms. The lowest BCUT2D eigenvalue weighted by atomic mass is 10.0. The van der Waals surface area contributed by atoms with Gasteiger partial charge in [-0.3, -0.25) is 9.59 Å². The number of alkyl halides is 3. The lowest BCUT2D eigenvalue weighted by Crippen LogP contribution is -2.50. The Morgan fingerprint density at radius 1 is 1.20 bits per heavy atom. The van der Waals surface area contributed by atoms with Crippen LogP contribution in [-0.2, 0) is 9.59 Å². The number of likely N-dealkylation sites (tertiary alicyclic amines) is 1. The molecule has 0 atom stereocenters. The minimum Gasteiger partial charge on any atom is -0.493 e. The van der Waals surface area contributed by atoms with E-state index in [1.54, 1.807) is 24.3 Å². The summed E-state index contributed by atoms with van der Waals surface area (Å²) < 4.78 is 47.6. The van der Waals surface area contributed by atoms with Crippen LogP contribution in [0.5, 0.6) is 11.5 Å². The Morgan fingerprint density at radius 2 is 1.80 bits per heavy atom. The molecule has 1 saturated heterocycles. The van der Waals surface area contributed by atoms with E-state index in [4.69, 9.17) is 9.47 Å². The number of carbonyl (C=O) groups is 2. The number of ether oxygens (including phenoxy) is 2. The van der Waals surface area contributed by atoms with Crippen LogP contribution < -0.4 is 14.8 Å². The zero-order valence-corrected chi connectivity index (χ0v) is 13.6. The van der Waals surface area contributed by atoms with Crippen molar-refractivity contribution in [3.05, 3.63) is 24.3 Å². The molecular weight excluding hydrogens is 341 g/mol. The van der Waals surface area contributed by atoms with Crippen LogP contribution in [0.25, 0.3) is 0 Å². The fraction of sp³-hybridized carbons (Fsp3) is 0.500. The number of benzene rings is 1. The van der Waals surface area contributed by atoms with Gasteiger partial charge in [0.15, 0.2) is 18.1 Å². The molecule has 1 N–H and O–H groups in total. The fourth-order valence-corrected chi connectivity index (χ4v) is 2.56. The van der Waals surface area contributed by atoms with Gasteiger partial charge in [0.1, 0.15) is 0 Å². The number of para-hydroxylation sites is 2. The summed E-state index contributed by atoms with van der Waals surface area (Å²) in [7, 11) is 1.48. The standard InChI is InChI=1S/C16H19F3N2O4/c1-24-12-4-2-3-5-13(12)25-10-14(22)20-11-6-8-21(9-7-11)15(23)16(17,18)19/h2-5,11H,6-10H2,1H3,(H,20,22). The number of rotatable bonds is 5. The summed E-state index contributed by atoms with van der Waals surface area (Å²) in [4.78, 5) is 23.8. The molecule has 0 aliphatic carbocycles. The summed E-state index contributed by atoms with van der Waals surface area (Å²) in [6, 6.07) is 6.57. The predicted molar refractivity (Wildman–Crippen MR) is 82.3 cm³/mol. The monoisotopic (exact) mass is 360 g/mol. The van der Waals surface area contributed by atoms with Gasteiger partial charge in [-0.15, -0.1) is 0 Å². The molecule has 1 fully saturated rings. The summed E-state index contributed by atoms with van der Waals surface area (Å²) in [6.45, 7) is -0.324. The average Bonchev–Trinajstić information content (AvgIpc) is 2.59. The largest absolute Gasteiger partial charge is 0.493 e. The summed E-state index contributed by atoms with van der Waals surface area (Å²) in [5.74, 6) is -1.30. The third-order valence-electron chi connectivity index (χ3n) is 3.82. The van der Waals surface area contributed by atoms with E-state index < -0.39 is 12.1 Å². The molecule has 2 rings (SSSR count). The normalized spacial score (nSPS) is 15.6. The highest BCUT2D eigenvalue weighted by atomic mass is 19.4. The van der Waals surface area contributed by atoms with Crippen LogP contribution in [0.4, 0.5) is 13.2 Å². The van der Waals surface area contributed by atoms with Gasteiger partial charge in [-0.05, 0) is 25.0 Å². The molecule has 6 nitrogen and oxygen atoms in total. The SMILES string of the molecule is COc1ccccc1OCC(=O)NC1CCN(C(=O)C(F)(F)F)CC1. The first kappa shape index (κ1) is 18.9. The van der Waals surface area contributed by atoms with Crippen molar-refractivity contribution >= 4 is 11.8 Å². The van der Waals surface area contributed by atoms with Crippen molar-refractivity contribution in [3.63, 3.8) is 0 Å². The first-order chi connectivity index (χ1) is 11.8. The zero-order valence-electron chi connectivity index (χ0n) is 13.6. The second kappa shape index (κ2) is 8.09. The Kier molecular flexibility index (Phi) is 6.11. The van der Waals surface area contributed by atoms with Gasteiger partial charge in [-0.25, -0.2) is 0 Å². The van der Waals surface area contributed by atoms with E-state index in [0.717, 1.165) is 4.90 Å². The van der Waals surface area contributed by atoms with Gasteiger partial charge < -0.3 is 19.7 Å². The molecular formula is C16H19F3N2O4. The number of hydrogen-bond acceptors (Lipinski definition) is 4. The Balaban J connectivity index is 1.76. The number of halogens is 3. The smallest absolute Gasteiger partial charge is 0.471 e. The van der Waals surface area contributed by atoms with Crippen molar-refractivity contribution < 1.29 is 32.2 Å². The van der Waals surface area contributed by atoms with Crippen molar-refractivity contribution in [3.8, 4) is 11.5 Å². The van der Waals surface area contributed by atoms with Crippen LogP contribution in [-0.4, -0.2) is 55.7 Å². The van der Waals surface area contributed by atoms with Crippen molar-refractivity contribution in [1.29, 1.82) is 0 Å². The van der Waals surface area contributed by atoms with Crippen LogP contribution >= 0.6 is 0 Å². The summed E-state index contributed by atoms with van der Waals surface area (Å²) in [5, 5.41) is 2.70. The van der Waals surface area contributed by atoms with Crippen molar-refractivity contribution in [1.82, 2.24) is 10.2 Å². The highest BCUT2D eigenvalue weighted by Crippen LogP contribution is 2.25. The summed E-state index contributed by atoms with van der Waals surface area (Å²) in [6.07, 6.45) is -4.33. The fourth-order valence-electron chi connectivity index (χ4n) is 2.56. The van der Waals surface area contributed by atoms with Crippen LogP contribution in [0.15, 0.2) is 24.3 Å². The van der Waals surface area contributed by atoms with Crippen molar-refractivity contribution in [2.75, 3.05) is 26.8 Å². The first-order valence-electron chi connectivity index (χ1n) is 7.72. The van der Waals surface area contributed by atoms with Crippen LogP contribution in [0.1, 0.15) is 12.8 Å². The average molecular weight is 360 g/mol. The number of hydrogen-bond donors (Lipinski definition) is 1. The molecule has 0 radical (unpaired) electrons. The third-order valence-corrected chi connectivity index (χ3v) is 3.82. The van der Waals surface area contributed by atoms with Crippen LogP contribution in [0.3, 0.4) is 0 Å². The van der Waals surface area contributed by atoms with E-state index >= 15 is 0 Å². The van der Waals surface area contributed by atoms with E-state index in [2.05, 4.69) is 5.32 Å². The minimum atomic E-state index is -4.86. The maximum Gasteiger partial charge on any atom is 0.471 e. The lowest BCUT2D eigenvalue weighted by Gasteiger charge is -2.32. The van der Waals surface area contributed by atoms with Gasteiger partial charge in [0.2, 0.25) is 0 Å². The minimum absolute atomic E-state index is 0.0450. The van der Waals surface area contributed by atoms with E-state index in [0.29, 0.717) is 11.5 Å². The Labute approximate surface area is 142 Å².